The molecule has 3 nitrogen and oxygen atoms in total. The number of esters is 1. The summed E-state index contributed by atoms with van der Waals surface area (Å²) in [4.78, 5) is 11.1. The molecule has 2 aliphatic rings. The van der Waals surface area contributed by atoms with Crippen molar-refractivity contribution in [3.63, 3.8) is 0 Å². The van der Waals surface area contributed by atoms with Gasteiger partial charge in [0.05, 0.1) is 0 Å². The van der Waals surface area contributed by atoms with Gasteiger partial charge in [-0.15, -0.1) is 0 Å². The van der Waals surface area contributed by atoms with Crippen molar-refractivity contribution in [3.8, 4) is 5.75 Å². The van der Waals surface area contributed by atoms with Crippen LogP contribution in [0.3, 0.4) is 0 Å². The second kappa shape index (κ2) is 4.01. The monoisotopic (exact) mass is 246 g/mol. The first-order chi connectivity index (χ1) is 8.56. The molecule has 0 amide bonds. The van der Waals surface area contributed by atoms with E-state index in [-0.39, 0.29) is 17.7 Å². The Bertz CT molecular complexity index is 482. The van der Waals surface area contributed by atoms with E-state index in [1.165, 1.54) is 12.5 Å². The number of hydrogen-bond donors (Lipinski definition) is 0. The lowest BCUT2D eigenvalue weighted by Gasteiger charge is -2.46. The van der Waals surface area contributed by atoms with Crippen molar-refractivity contribution in [2.24, 2.45) is 0 Å². The van der Waals surface area contributed by atoms with E-state index in [4.69, 9.17) is 9.47 Å². The summed E-state index contributed by atoms with van der Waals surface area (Å²) in [5.41, 5.74) is 1.06. The minimum Gasteiger partial charge on any atom is -0.487 e. The van der Waals surface area contributed by atoms with Gasteiger partial charge in [0.25, 0.3) is 0 Å². The van der Waals surface area contributed by atoms with Gasteiger partial charge < -0.3 is 9.47 Å². The number of carbonyl (C=O) groups excluding carboxylic acids is 1. The molecule has 3 rings (SSSR count). The SMILES string of the molecule is CC(=O)O[C@H]1C[C@@H]2C[C@](C)(C1)Oc1ccccc12. The predicted octanol–water partition coefficient (Wildman–Crippen LogP) is 3.04. The van der Waals surface area contributed by atoms with Crippen LogP contribution in [0.15, 0.2) is 24.3 Å². The summed E-state index contributed by atoms with van der Waals surface area (Å²) in [6.07, 6.45) is 2.70. The van der Waals surface area contributed by atoms with Crippen LogP contribution in [0, 0.1) is 0 Å². The van der Waals surface area contributed by atoms with E-state index in [2.05, 4.69) is 13.0 Å². The number of fused-ring (bicyclic) bond motifs is 4. The highest BCUT2D eigenvalue weighted by Gasteiger charge is 2.45. The quantitative estimate of drug-likeness (QED) is 0.714. The Kier molecular flexibility index (Phi) is 2.58. The highest BCUT2D eigenvalue weighted by atomic mass is 16.5. The van der Waals surface area contributed by atoms with Gasteiger partial charge in [0.1, 0.15) is 17.5 Å². The van der Waals surface area contributed by atoms with E-state index in [0.29, 0.717) is 5.92 Å². The molecule has 1 aromatic carbocycles. The zero-order valence-electron chi connectivity index (χ0n) is 10.8. The molecule has 96 valence electrons. The molecule has 0 aromatic heterocycles. The number of hydrogen-bond acceptors (Lipinski definition) is 3. The molecule has 1 fully saturated rings. The third kappa shape index (κ3) is 1.98. The largest absolute Gasteiger partial charge is 0.487 e. The van der Waals surface area contributed by atoms with Crippen molar-refractivity contribution in [1.29, 1.82) is 0 Å². The molecule has 3 heteroatoms. The topological polar surface area (TPSA) is 35.5 Å². The van der Waals surface area contributed by atoms with Gasteiger partial charge in [-0.1, -0.05) is 18.2 Å². The van der Waals surface area contributed by atoms with Gasteiger partial charge in [-0.25, -0.2) is 0 Å². The Morgan fingerprint density at radius 2 is 2.17 bits per heavy atom. The van der Waals surface area contributed by atoms with Crippen LogP contribution in [0.2, 0.25) is 0 Å². The minimum absolute atomic E-state index is 0.0143. The van der Waals surface area contributed by atoms with E-state index in [0.717, 1.165) is 25.0 Å². The summed E-state index contributed by atoms with van der Waals surface area (Å²) in [6, 6.07) is 8.20. The van der Waals surface area contributed by atoms with Gasteiger partial charge in [0.2, 0.25) is 0 Å². The highest BCUT2D eigenvalue weighted by molar-refractivity contribution is 5.66. The van der Waals surface area contributed by atoms with Crippen molar-refractivity contribution in [3.05, 3.63) is 29.8 Å². The Balaban J connectivity index is 1.90. The molecule has 0 saturated heterocycles. The molecular formula is C15H18O3. The fourth-order valence-electron chi connectivity index (χ4n) is 3.39. The van der Waals surface area contributed by atoms with Crippen LogP contribution >= 0.6 is 0 Å². The maximum absolute atomic E-state index is 11.1. The first kappa shape index (κ1) is 11.6. The van der Waals surface area contributed by atoms with Crippen LogP contribution in [0.1, 0.15) is 44.6 Å². The molecule has 0 N–H and O–H groups in total. The van der Waals surface area contributed by atoms with E-state index in [9.17, 15) is 4.79 Å². The Hall–Kier alpha value is -1.51. The van der Waals surface area contributed by atoms with Crippen LogP contribution in [0.25, 0.3) is 0 Å². The van der Waals surface area contributed by atoms with Crippen molar-refractivity contribution in [1.82, 2.24) is 0 Å². The normalized spacial score (nSPS) is 33.2. The number of benzene rings is 1. The van der Waals surface area contributed by atoms with Crippen LogP contribution < -0.4 is 4.74 Å². The maximum Gasteiger partial charge on any atom is 0.302 e. The van der Waals surface area contributed by atoms with Crippen molar-refractivity contribution in [2.75, 3.05) is 0 Å². The van der Waals surface area contributed by atoms with E-state index < -0.39 is 0 Å². The Morgan fingerprint density at radius 3 is 2.94 bits per heavy atom. The number of para-hydroxylation sites is 1. The van der Waals surface area contributed by atoms with E-state index in [1.54, 1.807) is 0 Å². The number of ether oxygens (including phenoxy) is 2. The molecule has 1 heterocycles. The lowest BCUT2D eigenvalue weighted by Crippen LogP contribution is -2.46. The third-order valence-electron chi connectivity index (χ3n) is 3.93. The summed E-state index contributed by atoms with van der Waals surface area (Å²) in [6.45, 7) is 3.59. The average molecular weight is 246 g/mol. The van der Waals surface area contributed by atoms with Gasteiger partial charge >= 0.3 is 5.97 Å². The molecule has 0 unspecified atom stereocenters. The number of carbonyl (C=O) groups is 1. The third-order valence-corrected chi connectivity index (χ3v) is 3.93. The smallest absolute Gasteiger partial charge is 0.302 e. The highest BCUT2D eigenvalue weighted by Crippen LogP contribution is 2.49. The summed E-state index contributed by atoms with van der Waals surface area (Å²) in [7, 11) is 0. The molecule has 18 heavy (non-hydrogen) atoms. The second-order valence-corrected chi connectivity index (χ2v) is 5.66. The summed E-state index contributed by atoms with van der Waals surface area (Å²) in [5.74, 6) is 1.24. The molecular weight excluding hydrogens is 228 g/mol. The minimum atomic E-state index is -0.197. The molecule has 3 atom stereocenters. The molecule has 2 bridgehead atoms. The zero-order valence-corrected chi connectivity index (χ0v) is 10.8. The molecule has 1 aliphatic heterocycles. The van der Waals surface area contributed by atoms with Crippen LogP contribution in [0.5, 0.6) is 5.75 Å². The van der Waals surface area contributed by atoms with Crippen molar-refractivity contribution < 1.29 is 14.3 Å². The summed E-state index contributed by atoms with van der Waals surface area (Å²) >= 11 is 0. The van der Waals surface area contributed by atoms with Crippen molar-refractivity contribution >= 4 is 5.97 Å². The van der Waals surface area contributed by atoms with Crippen molar-refractivity contribution in [2.45, 2.75) is 50.7 Å². The van der Waals surface area contributed by atoms with E-state index in [1.807, 2.05) is 18.2 Å². The molecule has 0 radical (unpaired) electrons. The summed E-state index contributed by atoms with van der Waals surface area (Å²) < 4.78 is 11.5. The fraction of sp³-hybridized carbons (Fsp3) is 0.533. The van der Waals surface area contributed by atoms with Gasteiger partial charge in [0, 0.05) is 13.3 Å². The lowest BCUT2D eigenvalue weighted by atomic mass is 9.72. The van der Waals surface area contributed by atoms with Gasteiger partial charge in [-0.3, -0.25) is 4.79 Å². The van der Waals surface area contributed by atoms with E-state index >= 15 is 0 Å². The molecule has 1 aromatic rings. The molecule has 1 saturated carbocycles. The molecule has 1 aliphatic carbocycles. The standard InChI is InChI=1S/C15H18O3/c1-10(16)17-12-7-11-8-15(2,9-12)18-14-6-4-3-5-13(11)14/h3-6,11-12H,7-9H2,1-2H3/t11-,12+,15-/m1/s1. The Labute approximate surface area is 107 Å². The lowest BCUT2D eigenvalue weighted by molar-refractivity contribution is -0.152. The summed E-state index contributed by atoms with van der Waals surface area (Å²) in [5, 5.41) is 0. The predicted molar refractivity (Wildman–Crippen MR) is 67.6 cm³/mol. The number of rotatable bonds is 1. The van der Waals surface area contributed by atoms with Gasteiger partial charge in [0.15, 0.2) is 0 Å². The second-order valence-electron chi connectivity index (χ2n) is 5.66. The first-order valence-electron chi connectivity index (χ1n) is 6.51. The molecule has 0 spiro atoms. The zero-order chi connectivity index (χ0) is 12.8. The fourth-order valence-corrected chi connectivity index (χ4v) is 3.39. The average Bonchev–Trinajstić information content (AvgIpc) is 2.26. The van der Waals surface area contributed by atoms with Gasteiger partial charge in [-0.2, -0.15) is 0 Å². The van der Waals surface area contributed by atoms with Gasteiger partial charge in [-0.05, 0) is 37.3 Å². The van der Waals surface area contributed by atoms with Crippen LogP contribution in [-0.4, -0.2) is 17.7 Å². The Morgan fingerprint density at radius 1 is 1.39 bits per heavy atom. The first-order valence-corrected chi connectivity index (χ1v) is 6.51. The maximum atomic E-state index is 11.1. The van der Waals surface area contributed by atoms with Crippen LogP contribution in [-0.2, 0) is 9.53 Å². The van der Waals surface area contributed by atoms with Crippen LogP contribution in [0.4, 0.5) is 0 Å².